The van der Waals surface area contributed by atoms with Gasteiger partial charge in [0, 0.05) is 5.41 Å². The molecule has 4 heteroatoms. The highest BCUT2D eigenvalue weighted by Crippen LogP contribution is 2.49. The molecule has 24 heavy (non-hydrogen) atoms. The monoisotopic (exact) mass is 332 g/mol. The Labute approximate surface area is 146 Å². The highest BCUT2D eigenvalue weighted by molar-refractivity contribution is 6.47. The Bertz CT molecular complexity index is 534. The Morgan fingerprint density at radius 2 is 1.54 bits per heavy atom. The Kier molecular flexibility index (Phi) is 4.83. The molecule has 0 unspecified atom stereocenters. The van der Waals surface area contributed by atoms with E-state index < -0.39 is 0 Å². The second-order valence-corrected chi connectivity index (χ2v) is 8.76. The lowest BCUT2D eigenvalue weighted by molar-refractivity contribution is 0.00578. The van der Waals surface area contributed by atoms with Gasteiger partial charge in [-0.15, -0.1) is 0 Å². The van der Waals surface area contributed by atoms with E-state index in [1.807, 2.05) is 18.2 Å². The SMILES string of the molecule is CC1(C)OB(C2CCC(CF)(Cc3ccccc3)CC2)OC1(C)C. The largest absolute Gasteiger partial charge is 0.461 e. The third kappa shape index (κ3) is 3.41. The maximum atomic E-state index is 13.9. The molecule has 0 spiro atoms. The van der Waals surface area contributed by atoms with Crippen LogP contribution in [0.3, 0.4) is 0 Å². The molecule has 0 radical (unpaired) electrons. The van der Waals surface area contributed by atoms with E-state index in [1.54, 1.807) is 0 Å². The summed E-state index contributed by atoms with van der Waals surface area (Å²) in [5.41, 5.74) is 0.470. The van der Waals surface area contributed by atoms with Gasteiger partial charge in [-0.05, 0) is 58.3 Å². The topological polar surface area (TPSA) is 18.5 Å². The summed E-state index contributed by atoms with van der Waals surface area (Å²) >= 11 is 0. The van der Waals surface area contributed by atoms with Crippen molar-refractivity contribution in [2.24, 2.45) is 5.41 Å². The van der Waals surface area contributed by atoms with Crippen LogP contribution in [0.4, 0.5) is 4.39 Å². The number of alkyl halides is 1. The molecular formula is C20H30BFO2. The zero-order valence-electron chi connectivity index (χ0n) is 15.5. The molecule has 1 saturated carbocycles. The Morgan fingerprint density at radius 1 is 1.00 bits per heavy atom. The average Bonchev–Trinajstić information content (AvgIpc) is 2.77. The van der Waals surface area contributed by atoms with Crippen LogP contribution >= 0.6 is 0 Å². The molecule has 1 aromatic rings. The lowest BCUT2D eigenvalue weighted by Gasteiger charge is -2.39. The van der Waals surface area contributed by atoms with Gasteiger partial charge in [-0.1, -0.05) is 43.2 Å². The van der Waals surface area contributed by atoms with E-state index in [-0.39, 0.29) is 30.4 Å². The quantitative estimate of drug-likeness (QED) is 0.704. The first-order valence-corrected chi connectivity index (χ1v) is 9.23. The standard InChI is InChI=1S/C20H30BFO2/c1-18(2)19(3,4)24-21(23-18)17-10-12-20(15-22,13-11-17)14-16-8-6-5-7-9-16/h5-9,17H,10-15H2,1-4H3. The molecule has 0 N–H and O–H groups in total. The summed E-state index contributed by atoms with van der Waals surface area (Å²) in [6.07, 6.45) is 4.61. The highest BCUT2D eigenvalue weighted by Gasteiger charge is 2.54. The van der Waals surface area contributed by atoms with Gasteiger partial charge in [-0.2, -0.15) is 0 Å². The number of benzene rings is 1. The van der Waals surface area contributed by atoms with E-state index in [0.29, 0.717) is 5.82 Å². The minimum Gasteiger partial charge on any atom is -0.403 e. The molecule has 1 heterocycles. The van der Waals surface area contributed by atoms with E-state index >= 15 is 0 Å². The van der Waals surface area contributed by atoms with Gasteiger partial charge in [-0.25, -0.2) is 0 Å². The van der Waals surface area contributed by atoms with Crippen LogP contribution in [-0.4, -0.2) is 25.0 Å². The van der Waals surface area contributed by atoms with Crippen LogP contribution < -0.4 is 0 Å². The zero-order valence-corrected chi connectivity index (χ0v) is 15.5. The molecule has 1 aliphatic carbocycles. The van der Waals surface area contributed by atoms with E-state index in [4.69, 9.17) is 9.31 Å². The van der Waals surface area contributed by atoms with E-state index in [0.717, 1.165) is 32.1 Å². The summed E-state index contributed by atoms with van der Waals surface area (Å²) in [6.45, 7) is 8.14. The fourth-order valence-corrected chi connectivity index (χ4v) is 3.99. The maximum absolute atomic E-state index is 13.9. The fraction of sp³-hybridized carbons (Fsp3) is 0.700. The molecule has 132 valence electrons. The smallest absolute Gasteiger partial charge is 0.403 e. The van der Waals surface area contributed by atoms with Crippen LogP contribution in [0.1, 0.15) is 58.9 Å². The van der Waals surface area contributed by atoms with E-state index in [2.05, 4.69) is 39.8 Å². The predicted octanol–water partition coefficient (Wildman–Crippen LogP) is 5.22. The van der Waals surface area contributed by atoms with Gasteiger partial charge in [0.1, 0.15) is 0 Å². The van der Waals surface area contributed by atoms with Gasteiger partial charge in [-0.3, -0.25) is 4.39 Å². The lowest BCUT2D eigenvalue weighted by atomic mass is 9.58. The number of hydrogen-bond acceptors (Lipinski definition) is 2. The first-order chi connectivity index (χ1) is 11.3. The highest BCUT2D eigenvalue weighted by atomic mass is 19.1. The third-order valence-corrected chi connectivity index (χ3v) is 6.45. The number of rotatable bonds is 4. The second kappa shape index (κ2) is 6.46. The minimum absolute atomic E-state index is 0.149. The van der Waals surface area contributed by atoms with Crippen molar-refractivity contribution in [3.05, 3.63) is 35.9 Å². The first-order valence-electron chi connectivity index (χ1n) is 9.23. The summed E-state index contributed by atoms with van der Waals surface area (Å²) in [5.74, 6) is 0.376. The summed E-state index contributed by atoms with van der Waals surface area (Å²) in [5, 5.41) is 0. The van der Waals surface area contributed by atoms with Crippen LogP contribution in [0.2, 0.25) is 5.82 Å². The Balaban J connectivity index is 1.63. The summed E-state index contributed by atoms with van der Waals surface area (Å²) in [6, 6.07) is 10.3. The van der Waals surface area contributed by atoms with Gasteiger partial charge in [0.05, 0.1) is 17.9 Å². The van der Waals surface area contributed by atoms with Gasteiger partial charge < -0.3 is 9.31 Å². The van der Waals surface area contributed by atoms with Crippen molar-refractivity contribution < 1.29 is 13.7 Å². The van der Waals surface area contributed by atoms with Crippen molar-refractivity contribution in [1.29, 1.82) is 0 Å². The van der Waals surface area contributed by atoms with Crippen LogP contribution in [0.5, 0.6) is 0 Å². The van der Waals surface area contributed by atoms with Gasteiger partial charge in [0.25, 0.3) is 0 Å². The van der Waals surface area contributed by atoms with Crippen LogP contribution in [0.25, 0.3) is 0 Å². The van der Waals surface area contributed by atoms with Gasteiger partial charge >= 0.3 is 7.12 Å². The molecule has 0 bridgehead atoms. The fourth-order valence-electron chi connectivity index (χ4n) is 3.99. The summed E-state index contributed by atoms with van der Waals surface area (Å²) < 4.78 is 26.3. The molecule has 2 aliphatic rings. The number of halogens is 1. The molecule has 2 fully saturated rings. The van der Waals surface area contributed by atoms with E-state index in [9.17, 15) is 4.39 Å². The average molecular weight is 332 g/mol. The van der Waals surface area contributed by atoms with Crippen LogP contribution in [0, 0.1) is 5.41 Å². The summed E-state index contributed by atoms with van der Waals surface area (Å²) in [7, 11) is -0.149. The Morgan fingerprint density at radius 3 is 2.04 bits per heavy atom. The summed E-state index contributed by atoms with van der Waals surface area (Å²) in [4.78, 5) is 0. The number of hydrogen-bond donors (Lipinski definition) is 0. The van der Waals surface area contributed by atoms with Crippen molar-refractivity contribution in [3.8, 4) is 0 Å². The normalized spacial score (nSPS) is 32.0. The molecule has 1 saturated heterocycles. The predicted molar refractivity (Wildman–Crippen MR) is 96.9 cm³/mol. The minimum atomic E-state index is -0.281. The zero-order chi connectivity index (χ0) is 17.4. The van der Waals surface area contributed by atoms with Gasteiger partial charge in [0.15, 0.2) is 0 Å². The molecule has 0 amide bonds. The van der Waals surface area contributed by atoms with E-state index in [1.165, 1.54) is 5.56 Å². The van der Waals surface area contributed by atoms with Crippen molar-refractivity contribution in [2.45, 2.75) is 76.8 Å². The lowest BCUT2D eigenvalue weighted by Crippen LogP contribution is -2.41. The van der Waals surface area contributed by atoms with Crippen molar-refractivity contribution in [3.63, 3.8) is 0 Å². The molecule has 2 nitrogen and oxygen atoms in total. The van der Waals surface area contributed by atoms with Crippen molar-refractivity contribution >= 4 is 7.12 Å². The molecule has 0 aromatic heterocycles. The molecule has 0 atom stereocenters. The van der Waals surface area contributed by atoms with Crippen LogP contribution in [0.15, 0.2) is 30.3 Å². The molecule has 3 rings (SSSR count). The molecule has 1 aromatic carbocycles. The Hall–Kier alpha value is -0.865. The van der Waals surface area contributed by atoms with Gasteiger partial charge in [0.2, 0.25) is 0 Å². The molecular weight excluding hydrogens is 302 g/mol. The third-order valence-electron chi connectivity index (χ3n) is 6.45. The molecule has 1 aliphatic heterocycles. The van der Waals surface area contributed by atoms with Crippen molar-refractivity contribution in [2.75, 3.05) is 6.67 Å². The second-order valence-electron chi connectivity index (χ2n) is 8.76. The maximum Gasteiger partial charge on any atom is 0.461 e. The van der Waals surface area contributed by atoms with Crippen molar-refractivity contribution in [1.82, 2.24) is 0 Å². The van der Waals surface area contributed by atoms with Crippen LogP contribution in [-0.2, 0) is 15.7 Å². The first kappa shape index (κ1) is 17.9.